The lowest BCUT2D eigenvalue weighted by Crippen LogP contribution is -2.27. The number of hydrogen-bond acceptors (Lipinski definition) is 6. The van der Waals surface area contributed by atoms with E-state index in [2.05, 4.69) is 0 Å². The summed E-state index contributed by atoms with van der Waals surface area (Å²) >= 11 is 0. The zero-order valence-corrected chi connectivity index (χ0v) is 12.8. The molecule has 2 rings (SSSR count). The molecule has 7 heteroatoms. The molecule has 1 saturated heterocycles. The van der Waals surface area contributed by atoms with Gasteiger partial charge in [-0.05, 0) is 24.3 Å². The summed E-state index contributed by atoms with van der Waals surface area (Å²) in [5.41, 5.74) is 7.36. The van der Waals surface area contributed by atoms with E-state index in [9.17, 15) is 4.79 Å². The van der Waals surface area contributed by atoms with Crippen LogP contribution in [0.15, 0.2) is 24.3 Å². The van der Waals surface area contributed by atoms with Crippen molar-refractivity contribution in [1.29, 1.82) is 0 Å². The van der Waals surface area contributed by atoms with Gasteiger partial charge in [-0.25, -0.2) is 4.79 Å². The quantitative estimate of drug-likeness (QED) is 0.677. The van der Waals surface area contributed by atoms with Crippen LogP contribution < -0.4 is 15.5 Å². The highest BCUT2D eigenvalue weighted by Gasteiger charge is 2.31. The highest BCUT2D eigenvalue weighted by Crippen LogP contribution is 2.24. The molecule has 1 fully saturated rings. The minimum atomic E-state index is -0.353. The molecular weight excluding hydrogens is 286 g/mol. The van der Waals surface area contributed by atoms with Gasteiger partial charge in [-0.15, -0.1) is 0 Å². The van der Waals surface area contributed by atoms with E-state index in [0.29, 0.717) is 26.3 Å². The van der Waals surface area contributed by atoms with Crippen LogP contribution in [0.3, 0.4) is 0 Å². The van der Waals surface area contributed by atoms with E-state index in [4.69, 9.17) is 20.3 Å². The molecule has 3 N–H and O–H groups in total. The molecular formula is C15H23N3O4. The fraction of sp³-hybridized carbons (Fsp3) is 0.533. The number of amides is 1. The number of benzene rings is 1. The summed E-state index contributed by atoms with van der Waals surface area (Å²) in [7, 11) is 1.96. The van der Waals surface area contributed by atoms with Crippen LogP contribution in [0.1, 0.15) is 0 Å². The Bertz CT molecular complexity index is 480. The fourth-order valence-electron chi connectivity index (χ4n) is 2.24. The van der Waals surface area contributed by atoms with Gasteiger partial charge < -0.3 is 25.2 Å². The summed E-state index contributed by atoms with van der Waals surface area (Å²) in [6.07, 6.45) is -0.590. The topological polar surface area (TPSA) is 88.3 Å². The van der Waals surface area contributed by atoms with Crippen LogP contribution in [0.25, 0.3) is 0 Å². The highest BCUT2D eigenvalue weighted by molar-refractivity contribution is 5.90. The molecule has 1 atom stereocenters. The Labute approximate surface area is 130 Å². The molecule has 1 amide bonds. The van der Waals surface area contributed by atoms with Crippen LogP contribution in [0.2, 0.25) is 0 Å². The lowest BCUT2D eigenvalue weighted by molar-refractivity contribution is 0.0971. The van der Waals surface area contributed by atoms with Crippen molar-refractivity contribution < 1.29 is 19.4 Å². The minimum absolute atomic E-state index is 0.0359. The maximum Gasteiger partial charge on any atom is 0.414 e. The van der Waals surface area contributed by atoms with E-state index in [1.165, 1.54) is 0 Å². The van der Waals surface area contributed by atoms with Gasteiger partial charge in [-0.3, -0.25) is 4.90 Å². The van der Waals surface area contributed by atoms with Gasteiger partial charge in [0.2, 0.25) is 0 Å². The number of hydrogen-bond donors (Lipinski definition) is 2. The number of cyclic esters (lactones) is 1. The summed E-state index contributed by atoms with van der Waals surface area (Å²) in [5, 5.41) is 8.65. The Morgan fingerprint density at radius 2 is 2.14 bits per heavy atom. The molecule has 0 aliphatic carbocycles. The molecule has 1 aromatic rings. The molecule has 0 aromatic heterocycles. The molecule has 7 nitrogen and oxygen atoms in total. The van der Waals surface area contributed by atoms with Gasteiger partial charge in [0, 0.05) is 31.5 Å². The second-order valence-electron chi connectivity index (χ2n) is 5.13. The predicted molar refractivity (Wildman–Crippen MR) is 84.3 cm³/mol. The lowest BCUT2D eigenvalue weighted by Gasteiger charge is -2.20. The van der Waals surface area contributed by atoms with Gasteiger partial charge in [0.1, 0.15) is 6.10 Å². The van der Waals surface area contributed by atoms with Crippen molar-refractivity contribution in [3.8, 4) is 0 Å². The molecule has 0 saturated carbocycles. The van der Waals surface area contributed by atoms with Crippen LogP contribution in [-0.4, -0.2) is 63.8 Å². The van der Waals surface area contributed by atoms with Crippen molar-refractivity contribution in [2.45, 2.75) is 6.10 Å². The average molecular weight is 309 g/mol. The monoisotopic (exact) mass is 309 g/mol. The molecule has 0 radical (unpaired) electrons. The van der Waals surface area contributed by atoms with Crippen LogP contribution in [-0.2, 0) is 9.47 Å². The second-order valence-corrected chi connectivity index (χ2v) is 5.13. The van der Waals surface area contributed by atoms with E-state index in [0.717, 1.165) is 17.9 Å². The second kappa shape index (κ2) is 7.98. The van der Waals surface area contributed by atoms with Crippen molar-refractivity contribution in [3.05, 3.63) is 24.3 Å². The smallest absolute Gasteiger partial charge is 0.414 e. The van der Waals surface area contributed by atoms with Crippen LogP contribution in [0.5, 0.6) is 0 Å². The first-order valence-corrected chi connectivity index (χ1v) is 7.33. The number of likely N-dealkylation sites (N-methyl/N-ethyl adjacent to an activating group) is 1. The molecule has 122 valence electrons. The summed E-state index contributed by atoms with van der Waals surface area (Å²) in [4.78, 5) is 15.4. The minimum Gasteiger partial charge on any atom is -0.443 e. The number of rotatable bonds is 8. The van der Waals surface area contributed by atoms with Crippen molar-refractivity contribution in [2.24, 2.45) is 5.73 Å². The summed E-state index contributed by atoms with van der Waals surface area (Å²) in [6, 6.07) is 7.68. The number of carbonyl (C=O) groups is 1. The van der Waals surface area contributed by atoms with Gasteiger partial charge >= 0.3 is 6.09 Å². The zero-order valence-electron chi connectivity index (χ0n) is 12.8. The number of nitrogens with two attached hydrogens (primary N) is 1. The molecule has 1 aromatic carbocycles. The zero-order chi connectivity index (χ0) is 15.9. The first kappa shape index (κ1) is 16.5. The first-order chi connectivity index (χ1) is 10.7. The van der Waals surface area contributed by atoms with Gasteiger partial charge in [-0.1, -0.05) is 0 Å². The normalized spacial score (nSPS) is 17.7. The lowest BCUT2D eigenvalue weighted by atomic mass is 10.2. The number of ether oxygens (including phenoxy) is 2. The highest BCUT2D eigenvalue weighted by atomic mass is 16.6. The largest absolute Gasteiger partial charge is 0.443 e. The Kier molecular flexibility index (Phi) is 6.00. The van der Waals surface area contributed by atoms with Crippen LogP contribution in [0, 0.1) is 0 Å². The summed E-state index contributed by atoms with van der Waals surface area (Å²) in [5.74, 6) is 0. The van der Waals surface area contributed by atoms with Gasteiger partial charge in [0.15, 0.2) is 0 Å². The van der Waals surface area contributed by atoms with Crippen LogP contribution >= 0.6 is 0 Å². The Hall–Kier alpha value is -1.83. The van der Waals surface area contributed by atoms with E-state index in [-0.39, 0.29) is 18.8 Å². The number of carbonyl (C=O) groups excluding carboxylic acids is 1. The third-order valence-electron chi connectivity index (χ3n) is 3.55. The van der Waals surface area contributed by atoms with E-state index in [1.807, 2.05) is 36.2 Å². The molecule has 1 unspecified atom stereocenters. The molecule has 22 heavy (non-hydrogen) atoms. The SMILES string of the molecule is CN(CCOCCO)c1ccc(N2CC(CN)OC2=O)cc1. The molecule has 0 spiro atoms. The van der Waals surface area contributed by atoms with Crippen molar-refractivity contribution >= 4 is 17.5 Å². The van der Waals surface area contributed by atoms with Crippen LogP contribution in [0.4, 0.5) is 16.2 Å². The Morgan fingerprint density at radius 3 is 2.73 bits per heavy atom. The maximum atomic E-state index is 11.8. The Balaban J connectivity index is 1.91. The van der Waals surface area contributed by atoms with E-state index in [1.54, 1.807) is 4.90 Å². The van der Waals surface area contributed by atoms with Gasteiger partial charge in [0.05, 0.1) is 26.4 Å². The predicted octanol–water partition coefficient (Wildman–Crippen LogP) is 0.416. The van der Waals surface area contributed by atoms with Gasteiger partial charge in [0.25, 0.3) is 0 Å². The first-order valence-electron chi connectivity index (χ1n) is 7.33. The van der Waals surface area contributed by atoms with Crippen molar-refractivity contribution in [2.75, 3.05) is 56.3 Å². The number of aliphatic hydroxyl groups excluding tert-OH is 1. The summed E-state index contributed by atoms with van der Waals surface area (Å²) < 4.78 is 10.4. The molecule has 1 aliphatic rings. The molecule has 1 heterocycles. The van der Waals surface area contributed by atoms with Crippen molar-refractivity contribution in [3.63, 3.8) is 0 Å². The fourth-order valence-corrected chi connectivity index (χ4v) is 2.24. The number of anilines is 2. The van der Waals surface area contributed by atoms with E-state index >= 15 is 0 Å². The van der Waals surface area contributed by atoms with Gasteiger partial charge in [-0.2, -0.15) is 0 Å². The Morgan fingerprint density at radius 1 is 1.41 bits per heavy atom. The van der Waals surface area contributed by atoms with E-state index < -0.39 is 0 Å². The third kappa shape index (κ3) is 4.09. The molecule has 0 bridgehead atoms. The standard InChI is InChI=1S/C15H23N3O4/c1-17(6-8-21-9-7-19)12-2-4-13(5-3-12)18-11-14(10-16)22-15(18)20/h2-5,14,19H,6-11,16H2,1H3. The number of nitrogens with zero attached hydrogens (tertiary/aromatic N) is 2. The van der Waals surface area contributed by atoms with Crippen molar-refractivity contribution in [1.82, 2.24) is 0 Å². The maximum absolute atomic E-state index is 11.8. The third-order valence-corrected chi connectivity index (χ3v) is 3.55. The summed E-state index contributed by atoms with van der Waals surface area (Å²) in [6.45, 7) is 2.48. The number of aliphatic hydroxyl groups is 1. The molecule has 1 aliphatic heterocycles. The average Bonchev–Trinajstić information content (AvgIpc) is 2.92.